The monoisotopic (exact) mass is 362 g/mol. The third-order valence-corrected chi connectivity index (χ3v) is 3.66. The second-order valence-electron chi connectivity index (χ2n) is 5.46. The Morgan fingerprint density at radius 3 is 2.27 bits per heavy atom. The number of rotatable bonds is 7. The Labute approximate surface area is 149 Å². The third kappa shape index (κ3) is 5.13. The largest absolute Gasteiger partial charge is 0.497 e. The average Bonchev–Trinajstić information content (AvgIpc) is 2.96. The van der Waals surface area contributed by atoms with E-state index < -0.39 is 24.4 Å². The molecule has 4 amide bonds. The molecule has 0 spiro atoms. The van der Waals surface area contributed by atoms with E-state index >= 15 is 0 Å². The summed E-state index contributed by atoms with van der Waals surface area (Å²) in [5, 5.41) is 2.09. The van der Waals surface area contributed by atoms with E-state index in [1.807, 2.05) is 0 Å². The van der Waals surface area contributed by atoms with Crippen molar-refractivity contribution in [2.24, 2.45) is 0 Å². The van der Waals surface area contributed by atoms with Crippen molar-refractivity contribution in [1.29, 1.82) is 0 Å². The number of methoxy groups -OCH3 is 1. The molecule has 0 radical (unpaired) electrons. The second kappa shape index (κ2) is 8.75. The molecule has 26 heavy (non-hydrogen) atoms. The molecule has 9 nitrogen and oxygen atoms in total. The van der Waals surface area contributed by atoms with Crippen LogP contribution in [0.3, 0.4) is 0 Å². The molecular formula is C17H18N2O7. The molecule has 0 aliphatic carbocycles. The lowest BCUT2D eigenvalue weighted by molar-refractivity contribution is -0.149. The average molecular weight is 362 g/mol. The lowest BCUT2D eigenvalue weighted by Gasteiger charge is -2.12. The van der Waals surface area contributed by atoms with Gasteiger partial charge in [-0.15, -0.1) is 0 Å². The number of carbonyl (C=O) groups excluding carboxylic acids is 5. The molecule has 1 fully saturated rings. The van der Waals surface area contributed by atoms with E-state index in [-0.39, 0.29) is 43.2 Å². The predicted molar refractivity (Wildman–Crippen MR) is 87.0 cm³/mol. The van der Waals surface area contributed by atoms with Crippen LogP contribution in [-0.2, 0) is 23.9 Å². The van der Waals surface area contributed by atoms with Gasteiger partial charge in [0, 0.05) is 24.9 Å². The number of hydrogen-bond acceptors (Lipinski definition) is 7. The van der Waals surface area contributed by atoms with Gasteiger partial charge in [0.15, 0.2) is 6.61 Å². The number of imide groups is 2. The van der Waals surface area contributed by atoms with Gasteiger partial charge in [-0.2, -0.15) is 0 Å². The van der Waals surface area contributed by atoms with E-state index in [4.69, 9.17) is 9.47 Å². The van der Waals surface area contributed by atoms with Crippen LogP contribution in [0.4, 0.5) is 0 Å². The molecule has 1 aliphatic rings. The van der Waals surface area contributed by atoms with Gasteiger partial charge in [0.05, 0.1) is 13.5 Å². The predicted octanol–water partition coefficient (Wildman–Crippen LogP) is 0.0339. The first-order valence-corrected chi connectivity index (χ1v) is 7.87. The second-order valence-corrected chi connectivity index (χ2v) is 5.46. The number of hydrogen-bond donors (Lipinski definition) is 1. The van der Waals surface area contributed by atoms with Crippen LogP contribution < -0.4 is 10.1 Å². The summed E-state index contributed by atoms with van der Waals surface area (Å²) in [7, 11) is 1.49. The van der Waals surface area contributed by atoms with E-state index in [1.165, 1.54) is 19.2 Å². The quantitative estimate of drug-likeness (QED) is 0.537. The van der Waals surface area contributed by atoms with Crippen LogP contribution in [0.25, 0.3) is 0 Å². The highest BCUT2D eigenvalue weighted by atomic mass is 16.5. The Bertz CT molecular complexity index is 711. The summed E-state index contributed by atoms with van der Waals surface area (Å²) >= 11 is 0. The molecule has 1 heterocycles. The van der Waals surface area contributed by atoms with E-state index in [9.17, 15) is 24.0 Å². The van der Waals surface area contributed by atoms with Gasteiger partial charge in [-0.1, -0.05) is 0 Å². The van der Waals surface area contributed by atoms with Crippen LogP contribution in [0.5, 0.6) is 5.75 Å². The fourth-order valence-corrected chi connectivity index (χ4v) is 2.27. The molecule has 0 saturated carbocycles. The summed E-state index contributed by atoms with van der Waals surface area (Å²) in [5.74, 6) is -2.26. The Morgan fingerprint density at radius 1 is 1.08 bits per heavy atom. The molecular weight excluding hydrogens is 344 g/mol. The smallest absolute Gasteiger partial charge is 0.308 e. The van der Waals surface area contributed by atoms with Crippen LogP contribution in [0, 0.1) is 0 Å². The number of nitrogens with zero attached hydrogens (tertiary/aromatic N) is 1. The fourth-order valence-electron chi connectivity index (χ4n) is 2.27. The fraction of sp³-hybridized carbons (Fsp3) is 0.353. The molecule has 1 N–H and O–H groups in total. The first-order chi connectivity index (χ1) is 12.4. The van der Waals surface area contributed by atoms with Gasteiger partial charge in [0.2, 0.25) is 11.8 Å². The zero-order valence-corrected chi connectivity index (χ0v) is 14.1. The molecule has 1 aromatic carbocycles. The van der Waals surface area contributed by atoms with Crippen molar-refractivity contribution in [3.05, 3.63) is 29.8 Å². The minimum absolute atomic E-state index is 0.0805. The van der Waals surface area contributed by atoms with Crippen molar-refractivity contribution in [2.75, 3.05) is 20.3 Å². The molecule has 0 bridgehead atoms. The van der Waals surface area contributed by atoms with Crippen LogP contribution in [0.15, 0.2) is 24.3 Å². The van der Waals surface area contributed by atoms with Crippen molar-refractivity contribution in [1.82, 2.24) is 10.2 Å². The highest BCUT2D eigenvalue weighted by Gasteiger charge is 2.29. The topological polar surface area (TPSA) is 119 Å². The summed E-state index contributed by atoms with van der Waals surface area (Å²) in [6.45, 7) is -0.717. The van der Waals surface area contributed by atoms with Crippen molar-refractivity contribution in [2.45, 2.75) is 19.3 Å². The number of benzene rings is 1. The number of likely N-dealkylation sites (tertiary alicyclic amines) is 1. The lowest BCUT2D eigenvalue weighted by Crippen LogP contribution is -2.35. The van der Waals surface area contributed by atoms with E-state index in [1.54, 1.807) is 12.1 Å². The van der Waals surface area contributed by atoms with Crippen LogP contribution in [0.1, 0.15) is 29.6 Å². The maximum atomic E-state index is 11.9. The molecule has 0 atom stereocenters. The van der Waals surface area contributed by atoms with E-state index in [2.05, 4.69) is 5.32 Å². The molecule has 2 rings (SSSR count). The molecule has 138 valence electrons. The Balaban J connectivity index is 1.71. The Kier molecular flexibility index (Phi) is 6.42. The zero-order chi connectivity index (χ0) is 19.1. The number of ether oxygens (including phenoxy) is 2. The van der Waals surface area contributed by atoms with Crippen LogP contribution in [-0.4, -0.2) is 54.8 Å². The first kappa shape index (κ1) is 19.1. The van der Waals surface area contributed by atoms with Crippen LogP contribution in [0.2, 0.25) is 0 Å². The SMILES string of the molecule is COc1ccc(C(=O)NC(=O)COC(=O)CCN2C(=O)CCC2=O)cc1. The number of nitrogens with one attached hydrogen (secondary N) is 1. The molecule has 9 heteroatoms. The van der Waals surface area contributed by atoms with Crippen molar-refractivity contribution in [3.63, 3.8) is 0 Å². The Morgan fingerprint density at radius 2 is 1.69 bits per heavy atom. The minimum Gasteiger partial charge on any atom is -0.497 e. The van der Waals surface area contributed by atoms with Crippen molar-refractivity contribution >= 4 is 29.6 Å². The van der Waals surface area contributed by atoms with Crippen molar-refractivity contribution in [3.8, 4) is 5.75 Å². The molecule has 1 aliphatic heterocycles. The summed E-state index contributed by atoms with van der Waals surface area (Å²) in [5.41, 5.74) is 0.247. The third-order valence-electron chi connectivity index (χ3n) is 3.66. The lowest BCUT2D eigenvalue weighted by atomic mass is 10.2. The molecule has 0 unspecified atom stereocenters. The van der Waals surface area contributed by atoms with Gasteiger partial charge < -0.3 is 9.47 Å². The number of esters is 1. The van der Waals surface area contributed by atoms with E-state index in [0.717, 1.165) is 4.90 Å². The number of carbonyl (C=O) groups is 5. The van der Waals surface area contributed by atoms with Gasteiger partial charge in [-0.3, -0.25) is 34.2 Å². The molecule has 1 aromatic rings. The zero-order valence-electron chi connectivity index (χ0n) is 14.1. The Hall–Kier alpha value is -3.23. The van der Waals surface area contributed by atoms with E-state index in [0.29, 0.717) is 5.75 Å². The van der Waals surface area contributed by atoms with Gasteiger partial charge in [0.1, 0.15) is 5.75 Å². The summed E-state index contributed by atoms with van der Waals surface area (Å²) in [6, 6.07) is 6.11. The summed E-state index contributed by atoms with van der Waals surface area (Å²) in [6.07, 6.45) is 0.0741. The highest BCUT2D eigenvalue weighted by Crippen LogP contribution is 2.12. The number of amides is 4. The molecule has 1 saturated heterocycles. The summed E-state index contributed by atoms with van der Waals surface area (Å²) < 4.78 is 9.70. The van der Waals surface area contributed by atoms with Crippen LogP contribution >= 0.6 is 0 Å². The molecule has 0 aromatic heterocycles. The maximum absolute atomic E-state index is 11.9. The normalized spacial score (nSPS) is 13.5. The highest BCUT2D eigenvalue weighted by molar-refractivity contribution is 6.05. The van der Waals surface area contributed by atoms with Crippen molar-refractivity contribution < 1.29 is 33.4 Å². The first-order valence-electron chi connectivity index (χ1n) is 7.87. The van der Waals surface area contributed by atoms with Gasteiger partial charge in [-0.05, 0) is 24.3 Å². The van der Waals surface area contributed by atoms with Gasteiger partial charge in [0.25, 0.3) is 11.8 Å². The maximum Gasteiger partial charge on any atom is 0.308 e. The minimum atomic E-state index is -0.785. The summed E-state index contributed by atoms with van der Waals surface area (Å²) in [4.78, 5) is 58.9. The van der Waals surface area contributed by atoms with Gasteiger partial charge >= 0.3 is 5.97 Å². The van der Waals surface area contributed by atoms with Gasteiger partial charge in [-0.25, -0.2) is 0 Å². The standard InChI is InChI=1S/C17H18N2O7/c1-25-12-4-2-11(3-5-12)17(24)18-13(20)10-26-16(23)8-9-19-14(21)6-7-15(19)22/h2-5H,6-10H2,1H3,(H,18,20,24).